The molecule has 2 fully saturated rings. The molecule has 0 saturated carbocycles. The molecule has 0 bridgehead atoms. The van der Waals surface area contributed by atoms with Crippen LogP contribution in [0.5, 0.6) is 0 Å². The minimum absolute atomic E-state index is 0.0180. The summed E-state index contributed by atoms with van der Waals surface area (Å²) in [6.45, 7) is 9.50. The predicted octanol–water partition coefficient (Wildman–Crippen LogP) is 4.18. The lowest BCUT2D eigenvalue weighted by Crippen LogP contribution is -2.52. The number of carbonyl (C=O) groups is 1. The van der Waals surface area contributed by atoms with E-state index in [2.05, 4.69) is 52.4 Å². The van der Waals surface area contributed by atoms with Gasteiger partial charge in [-0.1, -0.05) is 48.5 Å². The number of hydrogen-bond acceptors (Lipinski definition) is 3. The number of para-hydroxylation sites is 1. The van der Waals surface area contributed by atoms with Crippen molar-refractivity contribution in [2.45, 2.75) is 32.2 Å². The summed E-state index contributed by atoms with van der Waals surface area (Å²) < 4.78 is 0. The normalized spacial score (nSPS) is 21.6. The van der Waals surface area contributed by atoms with Crippen LogP contribution in [0.3, 0.4) is 0 Å². The zero-order valence-corrected chi connectivity index (χ0v) is 18.7. The van der Waals surface area contributed by atoms with Crippen molar-refractivity contribution in [1.29, 1.82) is 0 Å². The fourth-order valence-corrected chi connectivity index (χ4v) is 4.95. The zero-order valence-electron chi connectivity index (χ0n) is 18.7. The Morgan fingerprint density at radius 3 is 2.35 bits per heavy atom. The predicted molar refractivity (Wildman–Crippen MR) is 127 cm³/mol. The third kappa shape index (κ3) is 6.31. The average Bonchev–Trinajstić information content (AvgIpc) is 2.81. The van der Waals surface area contributed by atoms with Crippen LogP contribution in [0.2, 0.25) is 0 Å². The average molecular weight is 421 g/mol. The Bertz CT molecular complexity index is 805. The molecule has 0 aromatic heterocycles. The molecule has 31 heavy (non-hydrogen) atoms. The summed E-state index contributed by atoms with van der Waals surface area (Å²) in [5, 5.41) is 3.01. The molecular weight excluding hydrogens is 384 g/mol. The van der Waals surface area contributed by atoms with Crippen LogP contribution >= 0.6 is 0 Å². The van der Waals surface area contributed by atoms with Crippen molar-refractivity contribution in [2.75, 3.05) is 51.1 Å². The van der Waals surface area contributed by atoms with Crippen molar-refractivity contribution >= 4 is 11.7 Å². The number of nitrogens with one attached hydrogen (secondary N) is 1. The molecule has 2 aliphatic rings. The summed E-state index contributed by atoms with van der Waals surface area (Å²) in [7, 11) is 0. The van der Waals surface area contributed by atoms with Crippen LogP contribution in [-0.2, 0) is 6.42 Å². The van der Waals surface area contributed by atoms with Gasteiger partial charge >= 0.3 is 6.03 Å². The van der Waals surface area contributed by atoms with Crippen LogP contribution in [0.4, 0.5) is 10.5 Å². The molecule has 2 heterocycles. The molecule has 2 aliphatic heterocycles. The van der Waals surface area contributed by atoms with E-state index in [9.17, 15) is 4.79 Å². The minimum atomic E-state index is 0.0180. The van der Waals surface area contributed by atoms with E-state index >= 15 is 0 Å². The molecule has 1 N–H and O–H groups in total. The maximum atomic E-state index is 12.5. The van der Waals surface area contributed by atoms with Gasteiger partial charge in [-0.25, -0.2) is 4.79 Å². The minimum Gasteiger partial charge on any atom is -0.322 e. The molecule has 1 unspecified atom stereocenters. The van der Waals surface area contributed by atoms with Gasteiger partial charge in [0.15, 0.2) is 0 Å². The summed E-state index contributed by atoms with van der Waals surface area (Å²) in [5.74, 6) is 0.733. The Hall–Kier alpha value is -2.37. The Kier molecular flexibility index (Phi) is 7.60. The number of amides is 2. The molecule has 4 rings (SSSR count). The van der Waals surface area contributed by atoms with Crippen molar-refractivity contribution in [3.8, 4) is 0 Å². The van der Waals surface area contributed by atoms with Gasteiger partial charge in [-0.15, -0.1) is 0 Å². The van der Waals surface area contributed by atoms with E-state index in [0.29, 0.717) is 6.04 Å². The van der Waals surface area contributed by atoms with E-state index in [0.717, 1.165) is 50.7 Å². The molecular formula is C26H36N4O. The monoisotopic (exact) mass is 420 g/mol. The Labute approximate surface area is 187 Å². The number of rotatable bonds is 6. The van der Waals surface area contributed by atoms with Gasteiger partial charge in [-0.3, -0.25) is 4.90 Å². The van der Waals surface area contributed by atoms with Gasteiger partial charge in [-0.05, 0) is 56.3 Å². The highest BCUT2D eigenvalue weighted by Crippen LogP contribution is 2.22. The maximum absolute atomic E-state index is 12.5. The fraction of sp³-hybridized carbons (Fsp3) is 0.500. The van der Waals surface area contributed by atoms with E-state index in [1.54, 1.807) is 0 Å². The molecule has 5 heteroatoms. The number of carbonyl (C=O) groups excluding carboxylic acids is 1. The topological polar surface area (TPSA) is 38.8 Å². The quantitative estimate of drug-likeness (QED) is 0.762. The number of piperazine rings is 1. The van der Waals surface area contributed by atoms with Crippen molar-refractivity contribution in [3.63, 3.8) is 0 Å². The first kappa shape index (κ1) is 21.8. The SMILES string of the molecule is CC(Cc1ccccc1)N1CCC[C@@H](CN2CCN(C(=O)Nc3ccccc3)CC2)C1. The van der Waals surface area contributed by atoms with Gasteiger partial charge < -0.3 is 15.1 Å². The molecule has 0 aliphatic carbocycles. The lowest BCUT2D eigenvalue weighted by Gasteiger charge is -2.41. The van der Waals surface area contributed by atoms with E-state index in [4.69, 9.17) is 0 Å². The molecule has 2 saturated heterocycles. The smallest absolute Gasteiger partial charge is 0.321 e. The number of piperidine rings is 1. The second-order valence-corrected chi connectivity index (χ2v) is 9.13. The van der Waals surface area contributed by atoms with Crippen molar-refractivity contribution in [2.24, 2.45) is 5.92 Å². The van der Waals surface area contributed by atoms with Crippen LogP contribution < -0.4 is 5.32 Å². The van der Waals surface area contributed by atoms with Crippen molar-refractivity contribution < 1.29 is 4.79 Å². The van der Waals surface area contributed by atoms with Crippen LogP contribution in [0.25, 0.3) is 0 Å². The van der Waals surface area contributed by atoms with E-state index in [1.807, 2.05) is 35.2 Å². The summed E-state index contributed by atoms with van der Waals surface area (Å²) in [6, 6.07) is 21.2. The number of urea groups is 1. The summed E-state index contributed by atoms with van der Waals surface area (Å²) in [4.78, 5) is 19.7. The van der Waals surface area contributed by atoms with Gasteiger partial charge in [0, 0.05) is 51.0 Å². The molecule has 2 aromatic carbocycles. The molecule has 5 nitrogen and oxygen atoms in total. The van der Waals surface area contributed by atoms with Gasteiger partial charge in [0.1, 0.15) is 0 Å². The van der Waals surface area contributed by atoms with Crippen LogP contribution in [0.1, 0.15) is 25.3 Å². The Balaban J connectivity index is 1.20. The first-order chi connectivity index (χ1) is 15.2. The largest absolute Gasteiger partial charge is 0.322 e. The fourth-order valence-electron chi connectivity index (χ4n) is 4.95. The zero-order chi connectivity index (χ0) is 21.5. The van der Waals surface area contributed by atoms with Crippen LogP contribution in [0.15, 0.2) is 60.7 Å². The molecule has 0 radical (unpaired) electrons. The summed E-state index contributed by atoms with van der Waals surface area (Å²) in [5.41, 5.74) is 2.30. The lowest BCUT2D eigenvalue weighted by atomic mass is 9.94. The van der Waals surface area contributed by atoms with Crippen molar-refractivity contribution in [3.05, 3.63) is 66.2 Å². The summed E-state index contributed by atoms with van der Waals surface area (Å²) >= 11 is 0. The van der Waals surface area contributed by atoms with Gasteiger partial charge in [-0.2, -0.15) is 0 Å². The van der Waals surface area contributed by atoms with Crippen LogP contribution in [0, 0.1) is 5.92 Å². The molecule has 2 amide bonds. The highest BCUT2D eigenvalue weighted by molar-refractivity contribution is 5.89. The number of benzene rings is 2. The first-order valence-electron chi connectivity index (χ1n) is 11.8. The van der Waals surface area contributed by atoms with Crippen molar-refractivity contribution in [1.82, 2.24) is 14.7 Å². The molecule has 166 valence electrons. The highest BCUT2D eigenvalue weighted by Gasteiger charge is 2.27. The first-order valence-corrected chi connectivity index (χ1v) is 11.8. The lowest BCUT2D eigenvalue weighted by molar-refractivity contribution is 0.0849. The maximum Gasteiger partial charge on any atom is 0.321 e. The second-order valence-electron chi connectivity index (χ2n) is 9.13. The Morgan fingerprint density at radius 2 is 1.65 bits per heavy atom. The van der Waals surface area contributed by atoms with E-state index in [-0.39, 0.29) is 6.03 Å². The standard InChI is InChI=1S/C26H36N4O/c1-22(19-23-9-4-2-5-10-23)30-14-8-11-24(21-30)20-28-15-17-29(18-16-28)26(31)27-25-12-6-3-7-13-25/h2-7,9-10,12-13,22,24H,8,11,14-21H2,1H3,(H,27,31)/t22?,24-/m0/s1. The van der Waals surface area contributed by atoms with Gasteiger partial charge in [0.05, 0.1) is 0 Å². The number of hydrogen-bond donors (Lipinski definition) is 1. The van der Waals surface area contributed by atoms with E-state index < -0.39 is 0 Å². The second kappa shape index (κ2) is 10.8. The number of likely N-dealkylation sites (tertiary alicyclic amines) is 1. The highest BCUT2D eigenvalue weighted by atomic mass is 16.2. The van der Waals surface area contributed by atoms with E-state index in [1.165, 1.54) is 31.5 Å². The molecule has 2 atom stereocenters. The molecule has 2 aromatic rings. The van der Waals surface area contributed by atoms with Gasteiger partial charge in [0.25, 0.3) is 0 Å². The molecule has 0 spiro atoms. The summed E-state index contributed by atoms with van der Waals surface area (Å²) in [6.07, 6.45) is 3.75. The number of anilines is 1. The van der Waals surface area contributed by atoms with Gasteiger partial charge in [0.2, 0.25) is 0 Å². The Morgan fingerprint density at radius 1 is 0.968 bits per heavy atom. The van der Waals surface area contributed by atoms with Crippen LogP contribution in [-0.4, -0.2) is 72.6 Å². The number of nitrogens with zero attached hydrogens (tertiary/aromatic N) is 3. The third-order valence-corrected chi connectivity index (χ3v) is 6.75. The third-order valence-electron chi connectivity index (χ3n) is 6.75.